The third-order valence-electron chi connectivity index (χ3n) is 1.65. The number of hydrogen-bond acceptors (Lipinski definition) is 1. The summed E-state index contributed by atoms with van der Waals surface area (Å²) in [4.78, 5) is 0. The van der Waals surface area contributed by atoms with Gasteiger partial charge in [0, 0.05) is 0 Å². The lowest BCUT2D eigenvalue weighted by Crippen LogP contribution is -2.02. The largest absolute Gasteiger partial charge is 0.389 e. The van der Waals surface area contributed by atoms with Crippen LogP contribution in [0.5, 0.6) is 0 Å². The third kappa shape index (κ3) is 1.42. The van der Waals surface area contributed by atoms with Gasteiger partial charge in [-0.3, -0.25) is 0 Å². The van der Waals surface area contributed by atoms with Crippen molar-refractivity contribution in [3.05, 3.63) is 24.3 Å². The van der Waals surface area contributed by atoms with E-state index in [-0.39, 0.29) is 6.10 Å². The summed E-state index contributed by atoms with van der Waals surface area (Å²) in [6, 6.07) is 0. The molecule has 0 bridgehead atoms. The third-order valence-corrected chi connectivity index (χ3v) is 1.65. The van der Waals surface area contributed by atoms with E-state index in [1.807, 2.05) is 6.08 Å². The first kappa shape index (κ1) is 6.56. The summed E-state index contributed by atoms with van der Waals surface area (Å²) in [6.45, 7) is 3.61. The van der Waals surface area contributed by atoms with Crippen LogP contribution >= 0.6 is 0 Å². The van der Waals surface area contributed by atoms with Crippen LogP contribution in [0.2, 0.25) is 0 Å². The molecule has 0 fully saturated rings. The Morgan fingerprint density at radius 1 is 1.89 bits per heavy atom. The van der Waals surface area contributed by atoms with Gasteiger partial charge in [-0.15, -0.1) is 6.58 Å². The van der Waals surface area contributed by atoms with Gasteiger partial charge in [-0.25, -0.2) is 0 Å². The summed E-state index contributed by atoms with van der Waals surface area (Å²) in [5.41, 5.74) is 1.14. The lowest BCUT2D eigenvalue weighted by atomic mass is 10.1. The highest BCUT2D eigenvalue weighted by Crippen LogP contribution is 2.21. The van der Waals surface area contributed by atoms with Crippen molar-refractivity contribution in [2.45, 2.75) is 25.4 Å². The summed E-state index contributed by atoms with van der Waals surface area (Å²) in [6.07, 6.45) is 6.55. The zero-order valence-electron chi connectivity index (χ0n) is 5.51. The Kier molecular flexibility index (Phi) is 2.06. The zero-order chi connectivity index (χ0) is 6.69. The van der Waals surface area contributed by atoms with Gasteiger partial charge < -0.3 is 5.11 Å². The normalized spacial score (nSPS) is 25.9. The number of hydrogen-bond donors (Lipinski definition) is 1. The van der Waals surface area contributed by atoms with Crippen LogP contribution in [0.15, 0.2) is 24.3 Å². The molecule has 1 aliphatic rings. The maximum atomic E-state index is 9.20. The van der Waals surface area contributed by atoms with Gasteiger partial charge in [0.1, 0.15) is 0 Å². The molecule has 0 aromatic carbocycles. The average molecular weight is 124 g/mol. The van der Waals surface area contributed by atoms with Gasteiger partial charge >= 0.3 is 0 Å². The summed E-state index contributed by atoms with van der Waals surface area (Å²) in [5.74, 6) is 0. The van der Waals surface area contributed by atoms with Crippen LogP contribution < -0.4 is 0 Å². The van der Waals surface area contributed by atoms with Crippen LogP contribution in [0, 0.1) is 0 Å². The summed E-state index contributed by atoms with van der Waals surface area (Å²) < 4.78 is 0. The maximum absolute atomic E-state index is 9.20. The molecule has 0 saturated heterocycles. The predicted molar refractivity (Wildman–Crippen MR) is 38.1 cm³/mol. The number of rotatable bonds is 2. The first-order valence-electron chi connectivity index (χ1n) is 3.32. The summed E-state index contributed by atoms with van der Waals surface area (Å²) in [7, 11) is 0. The molecular formula is C8H12O. The Bertz CT molecular complexity index is 136. The maximum Gasteiger partial charge on any atom is 0.0756 e. The minimum Gasteiger partial charge on any atom is -0.389 e. The second-order valence-electron chi connectivity index (χ2n) is 2.36. The van der Waals surface area contributed by atoms with Crippen molar-refractivity contribution >= 4 is 0 Å². The van der Waals surface area contributed by atoms with Crippen molar-refractivity contribution in [2.24, 2.45) is 0 Å². The number of aliphatic hydroxyl groups excluding tert-OH is 1. The average Bonchev–Trinajstić information content (AvgIpc) is 2.18. The van der Waals surface area contributed by atoms with Crippen LogP contribution in [-0.2, 0) is 0 Å². The van der Waals surface area contributed by atoms with E-state index in [0.717, 1.165) is 24.8 Å². The van der Waals surface area contributed by atoms with Crippen LogP contribution in [0.25, 0.3) is 0 Å². The van der Waals surface area contributed by atoms with Crippen molar-refractivity contribution in [2.75, 3.05) is 0 Å². The minimum absolute atomic E-state index is 0.178. The first-order chi connectivity index (χ1) is 4.34. The number of aliphatic hydroxyl groups is 1. The molecule has 1 heteroatoms. The molecule has 0 aromatic rings. The monoisotopic (exact) mass is 124 g/mol. The van der Waals surface area contributed by atoms with Crippen molar-refractivity contribution in [3.8, 4) is 0 Å². The second-order valence-corrected chi connectivity index (χ2v) is 2.36. The molecule has 0 aromatic heterocycles. The van der Waals surface area contributed by atoms with E-state index in [1.165, 1.54) is 0 Å². The summed E-state index contributed by atoms with van der Waals surface area (Å²) >= 11 is 0. The molecule has 0 heterocycles. The highest BCUT2D eigenvalue weighted by atomic mass is 16.3. The second kappa shape index (κ2) is 2.83. The molecule has 0 saturated carbocycles. The lowest BCUT2D eigenvalue weighted by Gasteiger charge is -2.03. The molecule has 0 amide bonds. The van der Waals surface area contributed by atoms with E-state index in [4.69, 9.17) is 0 Å². The molecular weight excluding hydrogens is 112 g/mol. The van der Waals surface area contributed by atoms with Gasteiger partial charge in [0.25, 0.3) is 0 Å². The Morgan fingerprint density at radius 3 is 3.11 bits per heavy atom. The fourth-order valence-corrected chi connectivity index (χ4v) is 1.13. The van der Waals surface area contributed by atoms with E-state index in [9.17, 15) is 5.11 Å². The molecule has 1 N–H and O–H groups in total. The highest BCUT2D eigenvalue weighted by Gasteiger charge is 2.13. The van der Waals surface area contributed by atoms with Crippen LogP contribution in [0.3, 0.4) is 0 Å². The van der Waals surface area contributed by atoms with Crippen LogP contribution in [0.1, 0.15) is 19.3 Å². The van der Waals surface area contributed by atoms with Gasteiger partial charge in [0.15, 0.2) is 0 Å². The fraction of sp³-hybridized carbons (Fsp3) is 0.500. The van der Waals surface area contributed by atoms with Gasteiger partial charge in [0.2, 0.25) is 0 Å². The molecule has 0 radical (unpaired) electrons. The fourth-order valence-electron chi connectivity index (χ4n) is 1.13. The number of allylic oxidation sites excluding steroid dienone is 2. The molecule has 1 unspecified atom stereocenters. The van der Waals surface area contributed by atoms with Crippen molar-refractivity contribution in [1.29, 1.82) is 0 Å². The quantitative estimate of drug-likeness (QED) is 0.555. The van der Waals surface area contributed by atoms with Gasteiger partial charge in [-0.1, -0.05) is 12.2 Å². The topological polar surface area (TPSA) is 20.2 Å². The molecule has 9 heavy (non-hydrogen) atoms. The van der Waals surface area contributed by atoms with Crippen molar-refractivity contribution in [1.82, 2.24) is 0 Å². The van der Waals surface area contributed by atoms with E-state index in [2.05, 4.69) is 12.7 Å². The zero-order valence-corrected chi connectivity index (χ0v) is 5.51. The Morgan fingerprint density at radius 2 is 2.67 bits per heavy atom. The molecule has 0 spiro atoms. The lowest BCUT2D eigenvalue weighted by molar-refractivity contribution is 0.210. The van der Waals surface area contributed by atoms with Gasteiger partial charge in [-0.05, 0) is 24.8 Å². The first-order valence-corrected chi connectivity index (χ1v) is 3.32. The SMILES string of the molecule is C=CCC1=CCCC1O. The molecule has 1 rings (SSSR count). The van der Waals surface area contributed by atoms with E-state index in [0.29, 0.717) is 0 Å². The molecule has 1 atom stereocenters. The predicted octanol–water partition coefficient (Wildman–Crippen LogP) is 1.64. The Labute approximate surface area is 55.7 Å². The Hall–Kier alpha value is -0.560. The van der Waals surface area contributed by atoms with Crippen LogP contribution in [0.4, 0.5) is 0 Å². The standard InChI is InChI=1S/C8H12O/c1-2-4-7-5-3-6-8(7)9/h2,5,8-9H,1,3-4,6H2. The van der Waals surface area contributed by atoms with Crippen LogP contribution in [-0.4, -0.2) is 11.2 Å². The summed E-state index contributed by atoms with van der Waals surface area (Å²) in [5, 5.41) is 9.20. The van der Waals surface area contributed by atoms with Crippen molar-refractivity contribution < 1.29 is 5.11 Å². The molecule has 1 aliphatic carbocycles. The molecule has 50 valence electrons. The van der Waals surface area contributed by atoms with E-state index in [1.54, 1.807) is 0 Å². The van der Waals surface area contributed by atoms with Crippen molar-refractivity contribution in [3.63, 3.8) is 0 Å². The smallest absolute Gasteiger partial charge is 0.0756 e. The molecule has 0 aliphatic heterocycles. The highest BCUT2D eigenvalue weighted by molar-refractivity contribution is 5.16. The van der Waals surface area contributed by atoms with E-state index >= 15 is 0 Å². The minimum atomic E-state index is -0.178. The van der Waals surface area contributed by atoms with Gasteiger partial charge in [-0.2, -0.15) is 0 Å². The van der Waals surface area contributed by atoms with Gasteiger partial charge in [0.05, 0.1) is 6.10 Å². The molecule has 1 nitrogen and oxygen atoms in total. The van der Waals surface area contributed by atoms with E-state index < -0.39 is 0 Å². The Balaban J connectivity index is 2.46.